The Balaban J connectivity index is 5.31. The van der Waals surface area contributed by atoms with Gasteiger partial charge in [-0.3, -0.25) is 19.2 Å². The Bertz CT molecular complexity index is 634. The number of carbonyl (C=O) groups excluding carboxylic acids is 3. The third kappa shape index (κ3) is 10.1. The molecule has 0 aliphatic carbocycles. The summed E-state index contributed by atoms with van der Waals surface area (Å²) in [6.07, 6.45) is -0.133. The smallest absolute Gasteiger partial charge is 0.327 e. The van der Waals surface area contributed by atoms with Gasteiger partial charge >= 0.3 is 11.9 Å². The Morgan fingerprint density at radius 2 is 1.57 bits per heavy atom. The fourth-order valence-corrected chi connectivity index (χ4v) is 2.88. The summed E-state index contributed by atoms with van der Waals surface area (Å²) in [7, 11) is 0. The molecular formula is C16H28N4O8S2. The van der Waals surface area contributed by atoms with Gasteiger partial charge in [0, 0.05) is 5.75 Å². The highest BCUT2D eigenvalue weighted by Gasteiger charge is 2.33. The predicted molar refractivity (Wildman–Crippen MR) is 112 cm³/mol. The van der Waals surface area contributed by atoms with Crippen LogP contribution < -0.4 is 21.7 Å². The lowest BCUT2D eigenvalue weighted by Gasteiger charge is -2.25. The SMILES string of the molecule is CSCCC(N)C(=O)NC(CC(=O)O)C(=O)NC(C(=O)NC(CS)C(=O)O)C(C)O. The van der Waals surface area contributed by atoms with E-state index in [2.05, 4.69) is 28.6 Å². The molecule has 0 rings (SSSR count). The highest BCUT2D eigenvalue weighted by Crippen LogP contribution is 2.03. The highest BCUT2D eigenvalue weighted by molar-refractivity contribution is 7.98. The third-order valence-corrected chi connectivity index (χ3v) is 4.85. The second-order valence-corrected chi connectivity index (χ2v) is 7.71. The maximum absolute atomic E-state index is 12.5. The summed E-state index contributed by atoms with van der Waals surface area (Å²) in [6.45, 7) is 1.17. The zero-order valence-corrected chi connectivity index (χ0v) is 18.2. The van der Waals surface area contributed by atoms with Crippen molar-refractivity contribution in [1.82, 2.24) is 16.0 Å². The van der Waals surface area contributed by atoms with E-state index in [4.69, 9.17) is 15.9 Å². The molecule has 8 N–H and O–H groups in total. The van der Waals surface area contributed by atoms with Crippen molar-refractivity contribution < 1.29 is 39.3 Å². The second-order valence-electron chi connectivity index (χ2n) is 6.36. The fraction of sp³-hybridized carbons (Fsp3) is 0.688. The van der Waals surface area contributed by atoms with E-state index in [1.165, 1.54) is 18.7 Å². The number of carbonyl (C=O) groups is 5. The van der Waals surface area contributed by atoms with Crippen LogP contribution >= 0.6 is 24.4 Å². The summed E-state index contributed by atoms with van der Waals surface area (Å²) < 4.78 is 0. The molecule has 0 saturated heterocycles. The van der Waals surface area contributed by atoms with Crippen LogP contribution in [0.4, 0.5) is 0 Å². The van der Waals surface area contributed by atoms with Crippen molar-refractivity contribution in [2.24, 2.45) is 5.73 Å². The Morgan fingerprint density at radius 1 is 1.00 bits per heavy atom. The van der Waals surface area contributed by atoms with Crippen LogP contribution in [-0.4, -0.2) is 93.0 Å². The first-order valence-corrected chi connectivity index (χ1v) is 10.9. The summed E-state index contributed by atoms with van der Waals surface area (Å²) in [4.78, 5) is 59.0. The van der Waals surface area contributed by atoms with Gasteiger partial charge in [-0.25, -0.2) is 4.79 Å². The standard InChI is InChI=1S/C16H28N4O8S2/c1-7(21)12(15(26)19-10(6-29)16(27)28)20-14(25)9(5-11(22)23)18-13(24)8(17)3-4-30-2/h7-10,12,21,29H,3-6,17H2,1-2H3,(H,18,24)(H,19,26)(H,20,25)(H,22,23)(H,27,28). The van der Waals surface area contributed by atoms with Crippen molar-refractivity contribution in [2.75, 3.05) is 17.8 Å². The number of aliphatic carboxylic acids is 2. The lowest BCUT2D eigenvalue weighted by Crippen LogP contribution is -2.60. The van der Waals surface area contributed by atoms with Gasteiger partial charge in [-0.2, -0.15) is 24.4 Å². The Morgan fingerprint density at radius 3 is 2.00 bits per heavy atom. The van der Waals surface area contributed by atoms with E-state index in [-0.39, 0.29) is 5.75 Å². The molecule has 172 valence electrons. The molecule has 0 aromatic carbocycles. The lowest BCUT2D eigenvalue weighted by molar-refractivity contribution is -0.143. The van der Waals surface area contributed by atoms with Crippen molar-refractivity contribution in [3.8, 4) is 0 Å². The largest absolute Gasteiger partial charge is 0.481 e. The predicted octanol–water partition coefficient (Wildman–Crippen LogP) is -2.61. The molecule has 0 aromatic heterocycles. The molecule has 0 spiro atoms. The molecule has 5 atom stereocenters. The maximum atomic E-state index is 12.5. The van der Waals surface area contributed by atoms with E-state index in [0.29, 0.717) is 12.2 Å². The Labute approximate surface area is 183 Å². The molecule has 0 bridgehead atoms. The summed E-state index contributed by atoms with van der Waals surface area (Å²) in [5, 5.41) is 34.3. The summed E-state index contributed by atoms with van der Waals surface area (Å²) in [5.41, 5.74) is 5.71. The number of carboxylic acids is 2. The minimum absolute atomic E-state index is 0.243. The topological polar surface area (TPSA) is 208 Å². The van der Waals surface area contributed by atoms with Crippen LogP contribution in [0.2, 0.25) is 0 Å². The minimum atomic E-state index is -1.60. The number of hydrogen-bond donors (Lipinski definition) is 8. The van der Waals surface area contributed by atoms with Crippen molar-refractivity contribution in [1.29, 1.82) is 0 Å². The normalized spacial score (nSPS) is 15.8. The molecule has 0 heterocycles. The van der Waals surface area contributed by atoms with Gasteiger partial charge in [0.1, 0.15) is 18.1 Å². The molecule has 0 aliphatic heterocycles. The highest BCUT2D eigenvalue weighted by atomic mass is 32.2. The summed E-state index contributed by atoms with van der Waals surface area (Å²) in [6, 6.07) is -5.51. The van der Waals surface area contributed by atoms with Crippen LogP contribution in [0.1, 0.15) is 19.8 Å². The number of aliphatic hydroxyl groups is 1. The average molecular weight is 469 g/mol. The van der Waals surface area contributed by atoms with Gasteiger partial charge in [0.05, 0.1) is 18.6 Å². The van der Waals surface area contributed by atoms with Crippen molar-refractivity contribution in [3.63, 3.8) is 0 Å². The van der Waals surface area contributed by atoms with Crippen LogP contribution in [0, 0.1) is 0 Å². The molecule has 0 aromatic rings. The van der Waals surface area contributed by atoms with Gasteiger partial charge < -0.3 is 37.0 Å². The first-order valence-electron chi connectivity index (χ1n) is 8.83. The monoisotopic (exact) mass is 468 g/mol. The number of amides is 3. The number of rotatable bonds is 14. The number of hydrogen-bond acceptors (Lipinski definition) is 9. The number of aliphatic hydroxyl groups excluding tert-OH is 1. The average Bonchev–Trinajstić information content (AvgIpc) is 2.66. The first kappa shape index (κ1) is 28.0. The van der Waals surface area contributed by atoms with Crippen LogP contribution in [-0.2, 0) is 24.0 Å². The maximum Gasteiger partial charge on any atom is 0.327 e. The number of nitrogens with two attached hydrogens (primary N) is 1. The lowest BCUT2D eigenvalue weighted by atomic mass is 10.1. The summed E-state index contributed by atoms with van der Waals surface area (Å²) >= 11 is 5.25. The van der Waals surface area contributed by atoms with Crippen molar-refractivity contribution in [3.05, 3.63) is 0 Å². The van der Waals surface area contributed by atoms with E-state index in [1.807, 2.05) is 6.26 Å². The summed E-state index contributed by atoms with van der Waals surface area (Å²) in [5.74, 6) is -5.25. The zero-order chi connectivity index (χ0) is 23.4. The fourth-order valence-electron chi connectivity index (χ4n) is 2.14. The third-order valence-electron chi connectivity index (χ3n) is 3.84. The second kappa shape index (κ2) is 14.1. The number of thiol groups is 1. The number of carboxylic acid groups (broad SMARTS) is 2. The zero-order valence-electron chi connectivity index (χ0n) is 16.5. The first-order chi connectivity index (χ1) is 13.9. The molecule has 5 unspecified atom stereocenters. The Hall–Kier alpha value is -2.03. The van der Waals surface area contributed by atoms with Crippen LogP contribution in [0.3, 0.4) is 0 Å². The number of thioether (sulfide) groups is 1. The molecule has 0 aliphatic rings. The van der Waals surface area contributed by atoms with Crippen LogP contribution in [0.25, 0.3) is 0 Å². The molecule has 12 nitrogen and oxygen atoms in total. The molecule has 3 amide bonds. The van der Waals surface area contributed by atoms with Gasteiger partial charge in [-0.15, -0.1) is 0 Å². The van der Waals surface area contributed by atoms with E-state index < -0.39 is 66.4 Å². The van der Waals surface area contributed by atoms with Crippen molar-refractivity contribution in [2.45, 2.75) is 50.0 Å². The number of nitrogens with one attached hydrogen (secondary N) is 3. The van der Waals surface area contributed by atoms with Gasteiger partial charge in [-0.05, 0) is 25.4 Å². The quantitative estimate of drug-likeness (QED) is 0.125. The molecule has 14 heteroatoms. The van der Waals surface area contributed by atoms with Gasteiger partial charge in [0.15, 0.2) is 0 Å². The molecule has 30 heavy (non-hydrogen) atoms. The van der Waals surface area contributed by atoms with E-state index >= 15 is 0 Å². The van der Waals surface area contributed by atoms with Crippen LogP contribution in [0.5, 0.6) is 0 Å². The Kier molecular flexibility index (Phi) is 13.1. The van der Waals surface area contributed by atoms with Crippen molar-refractivity contribution >= 4 is 54.1 Å². The molecule has 0 saturated carbocycles. The minimum Gasteiger partial charge on any atom is -0.481 e. The van der Waals surface area contributed by atoms with E-state index in [1.54, 1.807) is 0 Å². The molecule has 0 radical (unpaired) electrons. The van der Waals surface area contributed by atoms with E-state index in [0.717, 1.165) is 0 Å². The molecular weight excluding hydrogens is 440 g/mol. The molecule has 0 fully saturated rings. The van der Waals surface area contributed by atoms with Gasteiger partial charge in [0.2, 0.25) is 17.7 Å². The van der Waals surface area contributed by atoms with Gasteiger partial charge in [0.25, 0.3) is 0 Å². The van der Waals surface area contributed by atoms with Gasteiger partial charge in [-0.1, -0.05) is 0 Å². The van der Waals surface area contributed by atoms with Crippen LogP contribution in [0.15, 0.2) is 0 Å². The van der Waals surface area contributed by atoms with E-state index in [9.17, 15) is 29.1 Å².